The van der Waals surface area contributed by atoms with E-state index in [9.17, 15) is 43.2 Å². The Kier molecular flexibility index (Phi) is 22.8. The van der Waals surface area contributed by atoms with Gasteiger partial charge < -0.3 is 33.8 Å². The molecule has 1 saturated carbocycles. The van der Waals surface area contributed by atoms with E-state index in [-0.39, 0.29) is 77.8 Å². The van der Waals surface area contributed by atoms with Gasteiger partial charge in [0.15, 0.2) is 0 Å². The normalized spacial score (nSPS) is 17.2. The van der Waals surface area contributed by atoms with Crippen LogP contribution in [0.4, 0.5) is 5.69 Å². The van der Waals surface area contributed by atoms with E-state index >= 15 is 0 Å². The maximum Gasteiger partial charge on any atom is 0.333 e. The lowest BCUT2D eigenvalue weighted by molar-refractivity contribution is -0.197. The quantitative estimate of drug-likeness (QED) is 0.0726. The number of ether oxygens (including phenoxy) is 5. The van der Waals surface area contributed by atoms with Gasteiger partial charge >= 0.3 is 35.8 Å². The van der Waals surface area contributed by atoms with Gasteiger partial charge in [-0.15, -0.1) is 5.06 Å². The van der Waals surface area contributed by atoms with Crippen molar-refractivity contribution in [3.05, 3.63) is 29.8 Å². The minimum Gasteiger partial charge on any atom is -0.459 e. The monoisotopic (exact) mass is 1040 g/mol. The molecule has 2 aliphatic rings. The maximum absolute atomic E-state index is 14.1. The largest absolute Gasteiger partial charge is 0.459 e. The van der Waals surface area contributed by atoms with E-state index in [0.717, 1.165) is 18.4 Å². The number of benzene rings is 1. The fraction of sp³-hybridized carbons (Fsp3) is 0.722. The molecule has 2 fully saturated rings. The van der Waals surface area contributed by atoms with E-state index in [1.54, 1.807) is 138 Å². The SMILES string of the molecule is CC(C)(C)OC(=O)CN(CC(=O)OC(C)(C)C)[C@H](Cc1ccc(NC(=O)CCCC(=O)ON2C(=O)CCC2=O)cc1)CN(CC(=O)OC(C)(C)C)[C@H]1CCCC[C@@H]1N(CC(=O)OC(C)(C)C)CC(=O)OC(C)(C)C. The molecule has 3 amide bonds. The van der Waals surface area contributed by atoms with Crippen molar-refractivity contribution in [1.82, 2.24) is 19.8 Å². The number of nitrogens with zero attached hydrogens (tertiary/aromatic N) is 4. The number of rotatable bonds is 23. The highest BCUT2D eigenvalue weighted by molar-refractivity contribution is 6.01. The second-order valence-corrected chi connectivity index (χ2v) is 24.1. The van der Waals surface area contributed by atoms with Crippen molar-refractivity contribution in [1.29, 1.82) is 0 Å². The van der Waals surface area contributed by atoms with Crippen molar-refractivity contribution >= 4 is 59.2 Å². The molecule has 1 aromatic rings. The van der Waals surface area contributed by atoms with Gasteiger partial charge in [-0.25, -0.2) is 4.79 Å². The molecule has 1 N–H and O–H groups in total. The number of hydroxylamine groups is 2. The van der Waals surface area contributed by atoms with Crippen LogP contribution in [0.5, 0.6) is 0 Å². The second kappa shape index (κ2) is 26.8. The van der Waals surface area contributed by atoms with Gasteiger partial charge in [-0.1, -0.05) is 25.0 Å². The van der Waals surface area contributed by atoms with Gasteiger partial charge in [0.2, 0.25) is 5.91 Å². The van der Waals surface area contributed by atoms with Gasteiger partial charge in [0.25, 0.3) is 11.8 Å². The Balaban J connectivity index is 2.10. The third-order valence-electron chi connectivity index (χ3n) is 11.0. The van der Waals surface area contributed by atoms with Crippen LogP contribution < -0.4 is 5.32 Å². The van der Waals surface area contributed by atoms with E-state index in [1.165, 1.54) is 0 Å². The number of hydrogen-bond donors (Lipinski definition) is 1. The fourth-order valence-corrected chi connectivity index (χ4v) is 8.56. The zero-order chi connectivity index (χ0) is 56.0. The Hall–Kier alpha value is -5.47. The number of nitrogens with one attached hydrogen (secondary N) is 1. The zero-order valence-electron chi connectivity index (χ0n) is 46.8. The lowest BCUT2D eigenvalue weighted by Gasteiger charge is -2.46. The molecular formula is C54H85N5O15. The summed E-state index contributed by atoms with van der Waals surface area (Å²) in [6.45, 7) is 25.0. The van der Waals surface area contributed by atoms with Crippen LogP contribution in [0.1, 0.15) is 167 Å². The van der Waals surface area contributed by atoms with Crippen LogP contribution in [0.15, 0.2) is 24.3 Å². The van der Waals surface area contributed by atoms with Crippen LogP contribution in [0.3, 0.4) is 0 Å². The van der Waals surface area contributed by atoms with Crippen molar-refractivity contribution in [2.75, 3.05) is 44.6 Å². The van der Waals surface area contributed by atoms with Crippen molar-refractivity contribution in [2.24, 2.45) is 0 Å². The van der Waals surface area contributed by atoms with Gasteiger partial charge in [0.05, 0.1) is 32.7 Å². The minimum absolute atomic E-state index is 0.0336. The average molecular weight is 1040 g/mol. The molecule has 1 aliphatic carbocycles. The molecule has 0 bridgehead atoms. The molecule has 1 aliphatic heterocycles. The summed E-state index contributed by atoms with van der Waals surface area (Å²) >= 11 is 0. The van der Waals surface area contributed by atoms with Gasteiger partial charge in [0, 0.05) is 56.0 Å². The molecule has 0 unspecified atom stereocenters. The summed E-state index contributed by atoms with van der Waals surface area (Å²) in [6, 6.07) is 5.29. The van der Waals surface area contributed by atoms with Crippen molar-refractivity contribution in [3.8, 4) is 0 Å². The Morgan fingerprint density at radius 3 is 1.32 bits per heavy atom. The Morgan fingerprint density at radius 2 is 0.919 bits per heavy atom. The van der Waals surface area contributed by atoms with Crippen molar-refractivity contribution in [2.45, 2.75) is 214 Å². The Labute approximate surface area is 438 Å². The Bertz CT molecular complexity index is 2050. The van der Waals surface area contributed by atoms with E-state index in [0.29, 0.717) is 23.6 Å². The third-order valence-corrected chi connectivity index (χ3v) is 11.0. The molecule has 20 nitrogen and oxygen atoms in total. The minimum atomic E-state index is -0.869. The van der Waals surface area contributed by atoms with E-state index in [4.69, 9.17) is 28.5 Å². The number of amides is 3. The predicted molar refractivity (Wildman–Crippen MR) is 274 cm³/mol. The molecule has 1 aromatic carbocycles. The summed E-state index contributed by atoms with van der Waals surface area (Å²) in [7, 11) is 0. The first-order valence-corrected chi connectivity index (χ1v) is 25.7. The number of esters is 5. The van der Waals surface area contributed by atoms with Crippen LogP contribution >= 0.6 is 0 Å². The topological polar surface area (TPSA) is 234 Å². The zero-order valence-corrected chi connectivity index (χ0v) is 46.8. The second-order valence-electron chi connectivity index (χ2n) is 24.1. The number of hydrogen-bond acceptors (Lipinski definition) is 18. The molecule has 3 rings (SSSR count). The van der Waals surface area contributed by atoms with Gasteiger partial charge in [-0.05, 0) is 147 Å². The lowest BCUT2D eigenvalue weighted by Crippen LogP contribution is -2.60. The van der Waals surface area contributed by atoms with Crippen LogP contribution in [-0.2, 0) is 78.1 Å². The van der Waals surface area contributed by atoms with Crippen LogP contribution in [-0.4, -0.2) is 159 Å². The number of carbonyl (C=O) groups excluding carboxylic acids is 9. The first-order chi connectivity index (χ1) is 33.9. The summed E-state index contributed by atoms with van der Waals surface area (Å²) in [5, 5.41) is 3.28. The maximum atomic E-state index is 14.1. The molecule has 416 valence electrons. The highest BCUT2D eigenvalue weighted by Gasteiger charge is 2.41. The summed E-state index contributed by atoms with van der Waals surface area (Å²) in [6.07, 6.45) is 2.56. The molecule has 0 aromatic heterocycles. The third kappa shape index (κ3) is 24.7. The standard InChI is InChI=1S/C54H85N5O15/c1-50(2,3)69-45(64)31-56(32-46(65)70-51(4,5)6)38(29-36-23-25-37(26-24-36)55-41(60)21-18-22-44(63)74-59-42(61)27-28-43(59)62)30-57(33-47(66)71-52(7,8)9)39-19-16-17-20-40(39)58(34-48(67)72-53(10,11)12)35-49(68)73-54(13,14)15/h23-26,38-40H,16-22,27-35H2,1-15H3,(H,55,60)/t38-,39+,40+/m1/s1. The van der Waals surface area contributed by atoms with E-state index in [2.05, 4.69) is 5.32 Å². The molecule has 0 radical (unpaired) electrons. The summed E-state index contributed by atoms with van der Waals surface area (Å²) in [5.41, 5.74) is -3.05. The molecule has 1 saturated heterocycles. The van der Waals surface area contributed by atoms with Crippen LogP contribution in [0.2, 0.25) is 0 Å². The predicted octanol–water partition coefficient (Wildman–Crippen LogP) is 6.24. The smallest absolute Gasteiger partial charge is 0.333 e. The first-order valence-electron chi connectivity index (χ1n) is 25.7. The molecule has 74 heavy (non-hydrogen) atoms. The number of imide groups is 1. The highest BCUT2D eigenvalue weighted by Crippen LogP contribution is 2.30. The van der Waals surface area contributed by atoms with E-state index in [1.807, 2.05) is 4.90 Å². The van der Waals surface area contributed by atoms with Crippen molar-refractivity contribution in [3.63, 3.8) is 0 Å². The molecule has 3 atom stereocenters. The molecule has 1 heterocycles. The first kappa shape index (κ1) is 62.8. The lowest BCUT2D eigenvalue weighted by atomic mass is 9.87. The molecule has 20 heteroatoms. The number of anilines is 1. The molecular weight excluding hydrogens is 959 g/mol. The van der Waals surface area contributed by atoms with Gasteiger partial charge in [0.1, 0.15) is 28.0 Å². The molecule has 0 spiro atoms. The van der Waals surface area contributed by atoms with Crippen molar-refractivity contribution < 1.29 is 71.7 Å². The van der Waals surface area contributed by atoms with Gasteiger partial charge in [-0.2, -0.15) is 0 Å². The van der Waals surface area contributed by atoms with E-state index < -0.39 is 99.7 Å². The average Bonchev–Trinajstić information content (AvgIpc) is 3.52. The number of carbonyl (C=O) groups is 9. The Morgan fingerprint density at radius 1 is 0.541 bits per heavy atom. The summed E-state index contributed by atoms with van der Waals surface area (Å²) < 4.78 is 29.1. The highest BCUT2D eigenvalue weighted by atomic mass is 16.7. The van der Waals surface area contributed by atoms with Crippen LogP contribution in [0.25, 0.3) is 0 Å². The van der Waals surface area contributed by atoms with Crippen LogP contribution in [0, 0.1) is 0 Å². The summed E-state index contributed by atoms with van der Waals surface area (Å²) in [5.74, 6) is -5.24. The summed E-state index contributed by atoms with van der Waals surface area (Å²) in [4.78, 5) is 128. The fourth-order valence-electron chi connectivity index (χ4n) is 8.56. The van der Waals surface area contributed by atoms with Gasteiger partial charge in [-0.3, -0.25) is 53.1 Å².